The molecule has 1 atom stereocenters. The predicted octanol–water partition coefficient (Wildman–Crippen LogP) is 3.99. The molecular formula is C17H16O. The number of hydrogen-bond donors (Lipinski definition) is 1. The maximum atomic E-state index is 10.4. The van der Waals surface area contributed by atoms with E-state index in [0.29, 0.717) is 0 Å². The molecule has 2 aromatic rings. The van der Waals surface area contributed by atoms with Crippen molar-refractivity contribution >= 4 is 5.57 Å². The highest BCUT2D eigenvalue weighted by Crippen LogP contribution is 2.29. The van der Waals surface area contributed by atoms with Gasteiger partial charge in [-0.2, -0.15) is 0 Å². The molecule has 2 aromatic carbocycles. The molecule has 0 aromatic heterocycles. The van der Waals surface area contributed by atoms with E-state index in [2.05, 4.69) is 6.58 Å². The number of aliphatic hydroxyl groups is 1. The van der Waals surface area contributed by atoms with Crippen LogP contribution in [-0.4, -0.2) is 5.11 Å². The summed E-state index contributed by atoms with van der Waals surface area (Å²) >= 11 is 0. The summed E-state index contributed by atoms with van der Waals surface area (Å²) in [4.78, 5) is 0. The van der Waals surface area contributed by atoms with Crippen LogP contribution < -0.4 is 0 Å². The van der Waals surface area contributed by atoms with E-state index in [-0.39, 0.29) is 0 Å². The minimum Gasteiger partial charge on any atom is -0.384 e. The molecule has 0 amide bonds. The summed E-state index contributed by atoms with van der Waals surface area (Å²) in [6.45, 7) is 3.71. The molecule has 0 radical (unpaired) electrons. The Morgan fingerprint density at radius 3 is 2.06 bits per heavy atom. The molecule has 18 heavy (non-hydrogen) atoms. The monoisotopic (exact) mass is 236 g/mol. The van der Waals surface area contributed by atoms with Gasteiger partial charge in [0.1, 0.15) is 6.10 Å². The van der Waals surface area contributed by atoms with Crippen molar-refractivity contribution in [3.8, 4) is 0 Å². The second kappa shape index (κ2) is 5.99. The lowest BCUT2D eigenvalue weighted by Crippen LogP contribution is -2.00. The van der Waals surface area contributed by atoms with Gasteiger partial charge in [-0.25, -0.2) is 0 Å². The van der Waals surface area contributed by atoms with E-state index >= 15 is 0 Å². The first kappa shape index (κ1) is 12.3. The molecule has 0 aliphatic rings. The van der Waals surface area contributed by atoms with Crippen LogP contribution in [0, 0.1) is 0 Å². The average Bonchev–Trinajstić information content (AvgIpc) is 2.46. The molecule has 1 N–H and O–H groups in total. The molecule has 0 bridgehead atoms. The topological polar surface area (TPSA) is 20.2 Å². The second-order valence-corrected chi connectivity index (χ2v) is 4.04. The first-order valence-corrected chi connectivity index (χ1v) is 5.94. The van der Waals surface area contributed by atoms with Gasteiger partial charge in [0.05, 0.1) is 0 Å². The number of benzene rings is 2. The molecule has 1 nitrogen and oxygen atoms in total. The highest BCUT2D eigenvalue weighted by Gasteiger charge is 2.13. The fraction of sp³-hybridized carbons (Fsp3) is 0.0588. The zero-order chi connectivity index (χ0) is 12.8. The lowest BCUT2D eigenvalue weighted by molar-refractivity contribution is 0.238. The van der Waals surface area contributed by atoms with E-state index in [1.54, 1.807) is 6.08 Å². The average molecular weight is 236 g/mol. The zero-order valence-electron chi connectivity index (χ0n) is 10.2. The van der Waals surface area contributed by atoms with Gasteiger partial charge in [-0.1, -0.05) is 79.4 Å². The van der Waals surface area contributed by atoms with Crippen molar-refractivity contribution in [3.05, 3.63) is 90.5 Å². The highest BCUT2D eigenvalue weighted by molar-refractivity contribution is 5.71. The Balaban J connectivity index is 2.38. The summed E-state index contributed by atoms with van der Waals surface area (Å²) in [6, 6.07) is 19.5. The fourth-order valence-corrected chi connectivity index (χ4v) is 1.92. The quantitative estimate of drug-likeness (QED) is 0.796. The van der Waals surface area contributed by atoms with Crippen LogP contribution in [0.5, 0.6) is 0 Å². The van der Waals surface area contributed by atoms with Crippen LogP contribution in [0.3, 0.4) is 0 Å². The fourth-order valence-electron chi connectivity index (χ4n) is 1.92. The van der Waals surface area contributed by atoms with Gasteiger partial charge >= 0.3 is 0 Å². The third-order valence-electron chi connectivity index (χ3n) is 2.81. The predicted molar refractivity (Wildman–Crippen MR) is 76.0 cm³/mol. The normalized spacial score (nSPS) is 13.1. The summed E-state index contributed by atoms with van der Waals surface area (Å²) < 4.78 is 0. The van der Waals surface area contributed by atoms with E-state index in [1.165, 1.54) is 0 Å². The van der Waals surface area contributed by atoms with Crippen LogP contribution in [0.2, 0.25) is 0 Å². The van der Waals surface area contributed by atoms with Crippen molar-refractivity contribution in [2.24, 2.45) is 0 Å². The Morgan fingerprint density at radius 2 is 1.50 bits per heavy atom. The van der Waals surface area contributed by atoms with Crippen molar-refractivity contribution < 1.29 is 5.11 Å². The zero-order valence-corrected chi connectivity index (χ0v) is 10.2. The van der Waals surface area contributed by atoms with Crippen molar-refractivity contribution in [3.63, 3.8) is 0 Å². The van der Waals surface area contributed by atoms with Crippen LogP contribution in [0.4, 0.5) is 0 Å². The van der Waals surface area contributed by atoms with Gasteiger partial charge in [0.25, 0.3) is 0 Å². The van der Waals surface area contributed by atoms with E-state index in [9.17, 15) is 5.11 Å². The van der Waals surface area contributed by atoms with Crippen LogP contribution in [0.25, 0.3) is 5.57 Å². The van der Waals surface area contributed by atoms with Crippen LogP contribution in [0.15, 0.2) is 79.4 Å². The van der Waals surface area contributed by atoms with Crippen molar-refractivity contribution in [2.75, 3.05) is 0 Å². The molecule has 0 aliphatic carbocycles. The van der Waals surface area contributed by atoms with Gasteiger partial charge in [0.15, 0.2) is 0 Å². The van der Waals surface area contributed by atoms with Crippen molar-refractivity contribution in [2.45, 2.75) is 6.10 Å². The molecule has 2 rings (SSSR count). The molecular weight excluding hydrogens is 220 g/mol. The minimum atomic E-state index is -0.633. The maximum absolute atomic E-state index is 10.4. The molecule has 1 unspecified atom stereocenters. The maximum Gasteiger partial charge on any atom is 0.105 e. The second-order valence-electron chi connectivity index (χ2n) is 4.04. The van der Waals surface area contributed by atoms with Crippen LogP contribution >= 0.6 is 0 Å². The lowest BCUT2D eigenvalue weighted by Gasteiger charge is -2.15. The standard InChI is InChI=1S/C17H16O/c1-2-9-16(14-10-5-3-6-11-14)17(18)15-12-7-4-8-13-15/h2-13,17-18H,1H2/b16-9+. The molecule has 0 fully saturated rings. The van der Waals surface area contributed by atoms with Crippen LogP contribution in [-0.2, 0) is 0 Å². The third-order valence-corrected chi connectivity index (χ3v) is 2.81. The first-order valence-electron chi connectivity index (χ1n) is 5.94. The van der Waals surface area contributed by atoms with Gasteiger partial charge in [-0.05, 0) is 16.7 Å². The lowest BCUT2D eigenvalue weighted by atomic mass is 9.95. The Bertz CT molecular complexity index is 526. The Kier molecular flexibility index (Phi) is 4.11. The minimum absolute atomic E-state index is 0.633. The van der Waals surface area contributed by atoms with Gasteiger partial charge in [0.2, 0.25) is 0 Å². The Morgan fingerprint density at radius 1 is 0.944 bits per heavy atom. The summed E-state index contributed by atoms with van der Waals surface area (Å²) in [7, 11) is 0. The molecule has 0 saturated carbocycles. The summed E-state index contributed by atoms with van der Waals surface area (Å²) in [5.74, 6) is 0. The molecule has 0 spiro atoms. The number of aliphatic hydroxyl groups excluding tert-OH is 1. The van der Waals surface area contributed by atoms with Gasteiger partial charge < -0.3 is 5.11 Å². The van der Waals surface area contributed by atoms with Gasteiger partial charge in [0, 0.05) is 0 Å². The molecule has 1 heteroatoms. The smallest absolute Gasteiger partial charge is 0.105 e. The number of allylic oxidation sites excluding steroid dienone is 2. The largest absolute Gasteiger partial charge is 0.384 e. The third kappa shape index (κ3) is 2.76. The summed E-state index contributed by atoms with van der Waals surface area (Å²) in [5.41, 5.74) is 2.75. The van der Waals surface area contributed by atoms with E-state index in [1.807, 2.05) is 66.7 Å². The number of hydrogen-bond acceptors (Lipinski definition) is 1. The molecule has 0 aliphatic heterocycles. The van der Waals surface area contributed by atoms with Gasteiger partial charge in [-0.3, -0.25) is 0 Å². The molecule has 0 heterocycles. The van der Waals surface area contributed by atoms with E-state index in [4.69, 9.17) is 0 Å². The van der Waals surface area contributed by atoms with E-state index in [0.717, 1.165) is 16.7 Å². The van der Waals surface area contributed by atoms with Crippen molar-refractivity contribution in [1.82, 2.24) is 0 Å². The summed E-state index contributed by atoms with van der Waals surface area (Å²) in [5, 5.41) is 10.4. The van der Waals surface area contributed by atoms with Crippen LogP contribution in [0.1, 0.15) is 17.2 Å². The summed E-state index contributed by atoms with van der Waals surface area (Å²) in [6.07, 6.45) is 2.92. The molecule has 90 valence electrons. The number of rotatable bonds is 4. The Hall–Kier alpha value is -2.12. The Labute approximate surface area is 108 Å². The van der Waals surface area contributed by atoms with E-state index < -0.39 is 6.10 Å². The van der Waals surface area contributed by atoms with Gasteiger partial charge in [-0.15, -0.1) is 0 Å². The highest BCUT2D eigenvalue weighted by atomic mass is 16.3. The van der Waals surface area contributed by atoms with Crippen molar-refractivity contribution in [1.29, 1.82) is 0 Å². The first-order chi connectivity index (χ1) is 8.83. The SMILES string of the molecule is C=C/C=C(\c1ccccc1)C(O)c1ccccc1. The molecule has 0 saturated heterocycles.